The summed E-state index contributed by atoms with van der Waals surface area (Å²) >= 11 is 0. The zero-order chi connectivity index (χ0) is 12.0. The summed E-state index contributed by atoms with van der Waals surface area (Å²) in [6.45, 7) is 0.0668. The minimum atomic E-state index is -0.598. The monoisotopic (exact) mass is 224 g/mol. The van der Waals surface area contributed by atoms with Gasteiger partial charge in [-0.1, -0.05) is 12.1 Å². The van der Waals surface area contributed by atoms with E-state index in [4.69, 9.17) is 5.11 Å². The van der Waals surface area contributed by atoms with Gasteiger partial charge in [-0.05, 0) is 30.5 Å². The lowest BCUT2D eigenvalue weighted by Gasteiger charge is -2.10. The van der Waals surface area contributed by atoms with Gasteiger partial charge in [0.05, 0.1) is 18.8 Å². The van der Waals surface area contributed by atoms with E-state index < -0.39 is 12.1 Å². The molecular weight excluding hydrogens is 208 g/mol. The first-order valence-corrected chi connectivity index (χ1v) is 5.16. The number of ether oxygens (including phenoxy) is 1. The molecule has 88 valence electrons. The Morgan fingerprint density at radius 2 is 2.00 bits per heavy atom. The summed E-state index contributed by atoms with van der Waals surface area (Å²) in [5.41, 5.74) is 1.20. The van der Waals surface area contributed by atoms with Crippen molar-refractivity contribution >= 4 is 5.97 Å². The fourth-order valence-electron chi connectivity index (χ4n) is 1.41. The Hall–Kier alpha value is -1.39. The molecule has 0 aromatic heterocycles. The highest BCUT2D eigenvalue weighted by atomic mass is 16.5. The van der Waals surface area contributed by atoms with Crippen LogP contribution in [0.25, 0.3) is 0 Å². The second kappa shape index (κ2) is 6.25. The van der Waals surface area contributed by atoms with Gasteiger partial charge in [-0.3, -0.25) is 0 Å². The third-order valence-electron chi connectivity index (χ3n) is 2.35. The molecule has 0 aliphatic heterocycles. The van der Waals surface area contributed by atoms with E-state index in [-0.39, 0.29) is 6.61 Å². The smallest absolute Gasteiger partial charge is 0.337 e. The number of carbonyl (C=O) groups excluding carboxylic acids is 1. The molecule has 0 bridgehead atoms. The number of hydrogen-bond acceptors (Lipinski definition) is 4. The zero-order valence-electron chi connectivity index (χ0n) is 9.22. The van der Waals surface area contributed by atoms with Crippen molar-refractivity contribution in [2.75, 3.05) is 13.7 Å². The molecule has 4 nitrogen and oxygen atoms in total. The summed E-state index contributed by atoms with van der Waals surface area (Å²) in [5.74, 6) is -0.392. The normalized spacial score (nSPS) is 12.2. The average molecular weight is 224 g/mol. The Morgan fingerprint density at radius 3 is 2.50 bits per heavy atom. The van der Waals surface area contributed by atoms with Crippen molar-refractivity contribution in [1.82, 2.24) is 0 Å². The second-order valence-corrected chi connectivity index (χ2v) is 3.50. The maximum Gasteiger partial charge on any atom is 0.337 e. The van der Waals surface area contributed by atoms with Crippen molar-refractivity contribution in [3.8, 4) is 0 Å². The molecule has 1 aromatic carbocycles. The number of aliphatic hydroxyl groups excluding tert-OH is 2. The van der Waals surface area contributed by atoms with Crippen LogP contribution >= 0.6 is 0 Å². The number of aliphatic hydroxyl groups is 2. The predicted molar refractivity (Wildman–Crippen MR) is 59.1 cm³/mol. The van der Waals surface area contributed by atoms with Gasteiger partial charge < -0.3 is 14.9 Å². The van der Waals surface area contributed by atoms with Crippen LogP contribution < -0.4 is 0 Å². The molecule has 0 aliphatic rings. The third kappa shape index (κ3) is 3.32. The molecule has 16 heavy (non-hydrogen) atoms. The molecule has 1 unspecified atom stereocenters. The summed E-state index contributed by atoms with van der Waals surface area (Å²) in [6, 6.07) is 6.61. The summed E-state index contributed by atoms with van der Waals surface area (Å²) in [7, 11) is 1.33. The van der Waals surface area contributed by atoms with Crippen LogP contribution in [0.5, 0.6) is 0 Å². The highest BCUT2D eigenvalue weighted by Gasteiger charge is 2.09. The third-order valence-corrected chi connectivity index (χ3v) is 2.35. The van der Waals surface area contributed by atoms with Gasteiger partial charge in [0.15, 0.2) is 0 Å². The van der Waals surface area contributed by atoms with Crippen LogP contribution in [0, 0.1) is 0 Å². The largest absolute Gasteiger partial charge is 0.465 e. The van der Waals surface area contributed by atoms with Crippen molar-refractivity contribution in [3.63, 3.8) is 0 Å². The molecule has 0 spiro atoms. The quantitative estimate of drug-likeness (QED) is 0.739. The fourth-order valence-corrected chi connectivity index (χ4v) is 1.41. The van der Waals surface area contributed by atoms with Crippen LogP contribution in [0.15, 0.2) is 24.3 Å². The minimum absolute atomic E-state index is 0.0668. The summed E-state index contributed by atoms with van der Waals surface area (Å²) < 4.78 is 4.57. The summed E-state index contributed by atoms with van der Waals surface area (Å²) in [4.78, 5) is 11.1. The van der Waals surface area contributed by atoms with E-state index in [0.717, 1.165) is 5.56 Å². The molecule has 0 heterocycles. The first kappa shape index (κ1) is 12.7. The Morgan fingerprint density at radius 1 is 1.38 bits per heavy atom. The van der Waals surface area contributed by atoms with Gasteiger partial charge in [0.25, 0.3) is 0 Å². The standard InChI is InChI=1S/C12H16O4/c1-16-12(15)10-6-4-9(5-7-10)11(14)3-2-8-13/h4-7,11,13-14H,2-3,8H2,1H3. The van der Waals surface area contributed by atoms with E-state index in [1.165, 1.54) is 7.11 Å². The first-order valence-electron chi connectivity index (χ1n) is 5.16. The van der Waals surface area contributed by atoms with Crippen molar-refractivity contribution in [2.45, 2.75) is 18.9 Å². The van der Waals surface area contributed by atoms with Gasteiger partial charge in [0.1, 0.15) is 0 Å². The van der Waals surface area contributed by atoms with Crippen LogP contribution in [-0.2, 0) is 4.74 Å². The molecular formula is C12H16O4. The number of carbonyl (C=O) groups is 1. The van der Waals surface area contributed by atoms with Crippen LogP contribution in [0.3, 0.4) is 0 Å². The van der Waals surface area contributed by atoms with Crippen molar-refractivity contribution in [1.29, 1.82) is 0 Å². The summed E-state index contributed by atoms with van der Waals surface area (Å²) in [5, 5.41) is 18.3. The van der Waals surface area contributed by atoms with E-state index in [1.54, 1.807) is 24.3 Å². The molecule has 2 N–H and O–H groups in total. The number of benzene rings is 1. The van der Waals surface area contributed by atoms with E-state index in [0.29, 0.717) is 18.4 Å². The number of esters is 1. The van der Waals surface area contributed by atoms with Gasteiger partial charge in [-0.15, -0.1) is 0 Å². The van der Waals surface area contributed by atoms with Crippen LogP contribution in [0.1, 0.15) is 34.9 Å². The van der Waals surface area contributed by atoms with E-state index in [9.17, 15) is 9.90 Å². The van der Waals surface area contributed by atoms with Crippen molar-refractivity contribution < 1.29 is 19.7 Å². The average Bonchev–Trinajstić information content (AvgIpc) is 2.35. The molecule has 0 saturated heterocycles. The number of hydrogen-bond donors (Lipinski definition) is 2. The Balaban J connectivity index is 2.67. The fraction of sp³-hybridized carbons (Fsp3) is 0.417. The van der Waals surface area contributed by atoms with Gasteiger partial charge in [-0.25, -0.2) is 4.79 Å². The number of rotatable bonds is 5. The highest BCUT2D eigenvalue weighted by molar-refractivity contribution is 5.89. The lowest BCUT2D eigenvalue weighted by molar-refractivity contribution is 0.0600. The Labute approximate surface area is 94.5 Å². The lowest BCUT2D eigenvalue weighted by Crippen LogP contribution is -2.03. The van der Waals surface area contributed by atoms with Gasteiger partial charge in [0.2, 0.25) is 0 Å². The van der Waals surface area contributed by atoms with E-state index >= 15 is 0 Å². The van der Waals surface area contributed by atoms with Gasteiger partial charge in [0, 0.05) is 6.61 Å². The molecule has 0 radical (unpaired) electrons. The molecule has 0 fully saturated rings. The lowest BCUT2D eigenvalue weighted by atomic mass is 10.0. The van der Waals surface area contributed by atoms with Gasteiger partial charge >= 0.3 is 5.97 Å². The highest BCUT2D eigenvalue weighted by Crippen LogP contribution is 2.18. The van der Waals surface area contributed by atoms with Crippen LogP contribution in [-0.4, -0.2) is 29.9 Å². The molecule has 1 aromatic rings. The Bertz CT molecular complexity index is 331. The topological polar surface area (TPSA) is 66.8 Å². The molecule has 1 rings (SSSR count). The first-order chi connectivity index (χ1) is 7.69. The maximum absolute atomic E-state index is 11.1. The van der Waals surface area contributed by atoms with E-state index in [1.807, 2.05) is 0 Å². The van der Waals surface area contributed by atoms with Crippen molar-refractivity contribution in [3.05, 3.63) is 35.4 Å². The SMILES string of the molecule is COC(=O)c1ccc(C(O)CCCO)cc1. The van der Waals surface area contributed by atoms with E-state index in [2.05, 4.69) is 4.74 Å². The Kier molecular flexibility index (Phi) is 4.95. The molecule has 0 aliphatic carbocycles. The molecule has 4 heteroatoms. The molecule has 1 atom stereocenters. The van der Waals surface area contributed by atoms with Gasteiger partial charge in [-0.2, -0.15) is 0 Å². The second-order valence-electron chi connectivity index (χ2n) is 3.50. The summed E-state index contributed by atoms with van der Waals surface area (Å²) in [6.07, 6.45) is 0.465. The van der Waals surface area contributed by atoms with Crippen LogP contribution in [0.4, 0.5) is 0 Å². The molecule has 0 saturated carbocycles. The number of methoxy groups -OCH3 is 1. The van der Waals surface area contributed by atoms with Crippen molar-refractivity contribution in [2.24, 2.45) is 0 Å². The zero-order valence-corrected chi connectivity index (χ0v) is 9.22. The maximum atomic E-state index is 11.1. The minimum Gasteiger partial charge on any atom is -0.465 e. The van der Waals surface area contributed by atoms with Crippen LogP contribution in [0.2, 0.25) is 0 Å². The predicted octanol–water partition coefficient (Wildman–Crippen LogP) is 1.28. The molecule has 0 amide bonds.